The van der Waals surface area contributed by atoms with Gasteiger partial charge >= 0.3 is 0 Å². The number of anilines is 3. The number of fused-ring (bicyclic) bond motifs is 8. The largest absolute Gasteiger partial charge is 0.310 e. The van der Waals surface area contributed by atoms with Crippen molar-refractivity contribution in [3.8, 4) is 44.5 Å². The molecular weight excluding hydrogens is 627 g/mol. The summed E-state index contributed by atoms with van der Waals surface area (Å²) in [6, 6.07) is 57.2. The highest BCUT2D eigenvalue weighted by Crippen LogP contribution is 2.55. The van der Waals surface area contributed by atoms with Crippen LogP contribution >= 0.6 is 0 Å². The minimum absolute atomic E-state index is 0.0373. The lowest BCUT2D eigenvalue weighted by molar-refractivity contribution is 0.632. The molecule has 0 radical (unpaired) electrons. The maximum atomic E-state index is 2.47. The van der Waals surface area contributed by atoms with Gasteiger partial charge in [-0.1, -0.05) is 145 Å². The summed E-state index contributed by atoms with van der Waals surface area (Å²) in [5, 5.41) is 0. The van der Waals surface area contributed by atoms with Crippen LogP contribution in [-0.4, -0.2) is 0 Å². The Kier molecular flexibility index (Phi) is 6.39. The minimum atomic E-state index is -0.236. The second-order valence-electron chi connectivity index (χ2n) is 16.6. The van der Waals surface area contributed by atoms with Crippen LogP contribution in [0.2, 0.25) is 0 Å². The Bertz CT molecular complexity index is 2440. The summed E-state index contributed by atoms with van der Waals surface area (Å²) in [5.41, 5.74) is 22.2. The van der Waals surface area contributed by atoms with Crippen molar-refractivity contribution in [3.63, 3.8) is 0 Å². The van der Waals surface area contributed by atoms with E-state index in [-0.39, 0.29) is 16.2 Å². The molecule has 1 nitrogen and oxygen atoms in total. The molecule has 10 rings (SSSR count). The molecule has 0 saturated carbocycles. The van der Waals surface area contributed by atoms with Gasteiger partial charge in [-0.15, -0.1) is 0 Å². The summed E-state index contributed by atoms with van der Waals surface area (Å²) in [6.07, 6.45) is 0. The molecule has 0 spiro atoms. The number of hydrogen-bond donors (Lipinski definition) is 0. The molecule has 1 heterocycles. The lowest BCUT2D eigenvalue weighted by Crippen LogP contribution is -2.30. The van der Waals surface area contributed by atoms with Gasteiger partial charge in [0.2, 0.25) is 0 Å². The highest BCUT2D eigenvalue weighted by molar-refractivity contribution is 5.91. The fraction of sp³-hybridized carbons (Fsp3) is 0.176. The molecular formula is C51H43N. The van der Waals surface area contributed by atoms with Crippen LogP contribution in [0.15, 0.2) is 152 Å². The third-order valence-corrected chi connectivity index (χ3v) is 12.7. The van der Waals surface area contributed by atoms with Crippen LogP contribution in [0.3, 0.4) is 0 Å². The highest BCUT2D eigenvalue weighted by Gasteiger charge is 2.39. The molecule has 0 fully saturated rings. The van der Waals surface area contributed by atoms with Crippen molar-refractivity contribution in [3.05, 3.63) is 185 Å². The average molecular weight is 670 g/mol. The zero-order valence-corrected chi connectivity index (χ0v) is 30.9. The van der Waals surface area contributed by atoms with Crippen LogP contribution in [-0.2, 0) is 16.2 Å². The SMILES string of the molecule is CC1(C)c2ccccc2-c2ccc(-c3ccc4c(c3)C(C)(C)c3cc(-c5ccc6c(c5)C(C)(C)c5ccccc5-6)ccc3N4c3ccccc3)cc21. The van der Waals surface area contributed by atoms with Crippen LogP contribution in [0, 0.1) is 0 Å². The maximum absolute atomic E-state index is 2.47. The summed E-state index contributed by atoms with van der Waals surface area (Å²) < 4.78 is 0. The molecule has 2 aliphatic carbocycles. The van der Waals surface area contributed by atoms with Gasteiger partial charge < -0.3 is 4.90 Å². The number of hydrogen-bond acceptors (Lipinski definition) is 1. The first kappa shape index (κ1) is 31.1. The predicted molar refractivity (Wildman–Crippen MR) is 219 cm³/mol. The van der Waals surface area contributed by atoms with Crippen LogP contribution < -0.4 is 4.90 Å². The summed E-state index contributed by atoms with van der Waals surface area (Å²) >= 11 is 0. The monoisotopic (exact) mass is 669 g/mol. The van der Waals surface area contributed by atoms with E-state index in [9.17, 15) is 0 Å². The molecule has 1 aliphatic heterocycles. The standard InChI is InChI=1S/C51H43N/c1-49(2)41-18-12-10-16-37(41)39-24-20-32(28-43(39)49)34-22-26-47-45(30-34)51(5,6)46-31-35(23-27-48(46)52(47)36-14-8-7-9-15-36)33-21-25-40-38-17-11-13-19-42(38)50(3,4)44(40)29-33/h7-31H,1-6H3. The zero-order valence-electron chi connectivity index (χ0n) is 30.9. The van der Waals surface area contributed by atoms with Crippen molar-refractivity contribution in [2.75, 3.05) is 4.90 Å². The Morgan fingerprint density at radius 1 is 0.308 bits per heavy atom. The van der Waals surface area contributed by atoms with E-state index in [1.165, 1.54) is 95.0 Å². The molecule has 0 amide bonds. The third-order valence-electron chi connectivity index (χ3n) is 12.7. The molecule has 1 heteroatoms. The average Bonchev–Trinajstić information content (AvgIpc) is 3.54. The van der Waals surface area contributed by atoms with Gasteiger partial charge in [0.15, 0.2) is 0 Å². The fourth-order valence-corrected chi connectivity index (χ4v) is 9.72. The Hall–Kier alpha value is -5.66. The smallest absolute Gasteiger partial charge is 0.0503 e. The van der Waals surface area contributed by atoms with Gasteiger partial charge in [-0.3, -0.25) is 0 Å². The second-order valence-corrected chi connectivity index (χ2v) is 16.6. The van der Waals surface area contributed by atoms with E-state index in [1.807, 2.05) is 0 Å². The maximum Gasteiger partial charge on any atom is 0.0503 e. The Labute approximate surface area is 308 Å². The van der Waals surface area contributed by atoms with Gasteiger partial charge in [0.1, 0.15) is 0 Å². The first-order valence-electron chi connectivity index (χ1n) is 18.7. The minimum Gasteiger partial charge on any atom is -0.310 e. The van der Waals surface area contributed by atoms with Crippen molar-refractivity contribution in [1.29, 1.82) is 0 Å². The summed E-state index contributed by atoms with van der Waals surface area (Å²) in [7, 11) is 0. The van der Waals surface area contributed by atoms with Crippen LogP contribution in [0.1, 0.15) is 74.9 Å². The van der Waals surface area contributed by atoms with Gasteiger partial charge in [-0.2, -0.15) is 0 Å². The van der Waals surface area contributed by atoms with Crippen molar-refractivity contribution in [1.82, 2.24) is 0 Å². The normalized spacial score (nSPS) is 16.3. The molecule has 0 saturated heterocycles. The van der Waals surface area contributed by atoms with Crippen molar-refractivity contribution < 1.29 is 0 Å². The Morgan fingerprint density at radius 2 is 0.654 bits per heavy atom. The first-order valence-corrected chi connectivity index (χ1v) is 18.7. The lowest BCUT2D eigenvalue weighted by atomic mass is 9.72. The van der Waals surface area contributed by atoms with E-state index in [0.717, 1.165) is 0 Å². The zero-order chi connectivity index (χ0) is 35.6. The first-order chi connectivity index (χ1) is 25.0. The quantitative estimate of drug-likeness (QED) is 0.181. The molecule has 0 unspecified atom stereocenters. The fourth-order valence-electron chi connectivity index (χ4n) is 9.72. The summed E-state index contributed by atoms with van der Waals surface area (Å²) in [5.74, 6) is 0. The lowest BCUT2D eigenvalue weighted by Gasteiger charge is -2.42. The van der Waals surface area contributed by atoms with E-state index in [4.69, 9.17) is 0 Å². The van der Waals surface area contributed by atoms with Crippen molar-refractivity contribution >= 4 is 17.1 Å². The number of nitrogens with zero attached hydrogens (tertiary/aromatic N) is 1. The summed E-state index contributed by atoms with van der Waals surface area (Å²) in [6.45, 7) is 14.3. The van der Waals surface area contributed by atoms with Gasteiger partial charge in [0.05, 0.1) is 11.4 Å². The summed E-state index contributed by atoms with van der Waals surface area (Å²) in [4.78, 5) is 2.47. The Morgan fingerprint density at radius 3 is 1.12 bits per heavy atom. The van der Waals surface area contributed by atoms with E-state index >= 15 is 0 Å². The highest BCUT2D eigenvalue weighted by atomic mass is 15.2. The number of rotatable bonds is 3. The van der Waals surface area contributed by atoms with E-state index in [2.05, 4.69) is 198 Å². The van der Waals surface area contributed by atoms with E-state index < -0.39 is 0 Å². The number of benzene rings is 7. The number of para-hydroxylation sites is 1. The van der Waals surface area contributed by atoms with Crippen molar-refractivity contribution in [2.24, 2.45) is 0 Å². The molecule has 52 heavy (non-hydrogen) atoms. The molecule has 7 aromatic carbocycles. The van der Waals surface area contributed by atoms with Crippen molar-refractivity contribution in [2.45, 2.75) is 57.8 Å². The van der Waals surface area contributed by atoms with Gasteiger partial charge in [-0.05, 0) is 126 Å². The predicted octanol–water partition coefficient (Wildman–Crippen LogP) is 13.7. The van der Waals surface area contributed by atoms with E-state index in [1.54, 1.807) is 0 Å². The van der Waals surface area contributed by atoms with Gasteiger partial charge in [-0.25, -0.2) is 0 Å². The topological polar surface area (TPSA) is 3.24 Å². The van der Waals surface area contributed by atoms with Gasteiger partial charge in [0.25, 0.3) is 0 Å². The third kappa shape index (κ3) is 4.23. The van der Waals surface area contributed by atoms with Crippen LogP contribution in [0.25, 0.3) is 44.5 Å². The molecule has 0 bridgehead atoms. The molecule has 0 N–H and O–H groups in total. The molecule has 3 aliphatic rings. The second kappa shape index (κ2) is 10.7. The van der Waals surface area contributed by atoms with Crippen LogP contribution in [0.4, 0.5) is 17.1 Å². The molecule has 252 valence electrons. The van der Waals surface area contributed by atoms with E-state index in [0.29, 0.717) is 0 Å². The van der Waals surface area contributed by atoms with Crippen LogP contribution in [0.5, 0.6) is 0 Å². The molecule has 0 atom stereocenters. The Balaban J connectivity index is 1.11. The molecule has 7 aromatic rings. The molecule has 0 aromatic heterocycles. The van der Waals surface area contributed by atoms with Gasteiger partial charge in [0, 0.05) is 21.9 Å².